The standard InChI is InChI=1S/C14H12N2O5/c1-8-3-2-4-10(13(8)18)14(19)15-11-7-9(16(20)21)5-6-12(11)17/h2-7,17-18H,1H3,(H,15,19). The average molecular weight is 288 g/mol. The maximum absolute atomic E-state index is 12.1. The van der Waals surface area contributed by atoms with E-state index in [9.17, 15) is 25.1 Å². The number of carbonyl (C=O) groups excluding carboxylic acids is 1. The predicted molar refractivity (Wildman–Crippen MR) is 75.6 cm³/mol. The molecule has 0 saturated heterocycles. The van der Waals surface area contributed by atoms with Gasteiger partial charge >= 0.3 is 0 Å². The summed E-state index contributed by atoms with van der Waals surface area (Å²) in [5.41, 5.74) is 0.165. The largest absolute Gasteiger partial charge is 0.507 e. The second-order valence-electron chi connectivity index (χ2n) is 4.38. The number of nitrogens with zero attached hydrogens (tertiary/aromatic N) is 1. The van der Waals surface area contributed by atoms with Crippen molar-refractivity contribution in [1.29, 1.82) is 0 Å². The number of nitrogens with one attached hydrogen (secondary N) is 1. The van der Waals surface area contributed by atoms with Crippen LogP contribution in [-0.2, 0) is 0 Å². The number of aromatic hydroxyl groups is 2. The monoisotopic (exact) mass is 288 g/mol. The van der Waals surface area contributed by atoms with Gasteiger partial charge in [0.1, 0.15) is 11.5 Å². The third-order valence-corrected chi connectivity index (χ3v) is 2.92. The number of hydrogen-bond acceptors (Lipinski definition) is 5. The number of nitro groups is 1. The molecule has 0 bridgehead atoms. The predicted octanol–water partition coefficient (Wildman–Crippen LogP) is 2.57. The second kappa shape index (κ2) is 5.49. The number of hydrogen-bond donors (Lipinski definition) is 3. The first-order valence-corrected chi connectivity index (χ1v) is 5.97. The number of non-ortho nitro benzene ring substituents is 1. The number of phenols is 2. The Morgan fingerprint density at radius 1 is 1.24 bits per heavy atom. The minimum Gasteiger partial charge on any atom is -0.507 e. The van der Waals surface area contributed by atoms with E-state index in [0.29, 0.717) is 5.56 Å². The normalized spacial score (nSPS) is 10.1. The lowest BCUT2D eigenvalue weighted by atomic mass is 10.1. The van der Waals surface area contributed by atoms with Crippen LogP contribution in [0.25, 0.3) is 0 Å². The first-order valence-electron chi connectivity index (χ1n) is 5.97. The van der Waals surface area contributed by atoms with Gasteiger partial charge in [-0.1, -0.05) is 12.1 Å². The summed E-state index contributed by atoms with van der Waals surface area (Å²) >= 11 is 0. The zero-order valence-corrected chi connectivity index (χ0v) is 11.0. The zero-order chi connectivity index (χ0) is 15.6. The average Bonchev–Trinajstić information content (AvgIpc) is 2.43. The van der Waals surface area contributed by atoms with Crippen LogP contribution in [0.5, 0.6) is 11.5 Å². The number of anilines is 1. The number of para-hydroxylation sites is 1. The lowest BCUT2D eigenvalue weighted by Gasteiger charge is -2.09. The highest BCUT2D eigenvalue weighted by Crippen LogP contribution is 2.29. The molecule has 0 heterocycles. The Labute approximate surface area is 119 Å². The molecule has 0 unspecified atom stereocenters. The van der Waals surface area contributed by atoms with E-state index in [2.05, 4.69) is 5.32 Å². The second-order valence-corrected chi connectivity index (χ2v) is 4.38. The number of carbonyl (C=O) groups is 1. The zero-order valence-electron chi connectivity index (χ0n) is 11.0. The van der Waals surface area contributed by atoms with E-state index < -0.39 is 10.8 Å². The maximum atomic E-state index is 12.1. The Kier molecular flexibility index (Phi) is 3.75. The Morgan fingerprint density at radius 2 is 1.95 bits per heavy atom. The molecule has 1 amide bonds. The molecule has 0 aliphatic carbocycles. The van der Waals surface area contributed by atoms with Crippen LogP contribution >= 0.6 is 0 Å². The van der Waals surface area contributed by atoms with Crippen molar-refractivity contribution >= 4 is 17.3 Å². The number of rotatable bonds is 3. The van der Waals surface area contributed by atoms with Crippen molar-refractivity contribution in [2.24, 2.45) is 0 Å². The van der Waals surface area contributed by atoms with Crippen LogP contribution in [0, 0.1) is 17.0 Å². The fourth-order valence-corrected chi connectivity index (χ4v) is 1.77. The summed E-state index contributed by atoms with van der Waals surface area (Å²) in [6, 6.07) is 7.92. The molecular weight excluding hydrogens is 276 g/mol. The van der Waals surface area contributed by atoms with Crippen molar-refractivity contribution in [1.82, 2.24) is 0 Å². The summed E-state index contributed by atoms with van der Waals surface area (Å²) in [6.45, 7) is 1.64. The number of benzene rings is 2. The quantitative estimate of drug-likeness (QED) is 0.456. The van der Waals surface area contributed by atoms with Crippen LogP contribution in [0.1, 0.15) is 15.9 Å². The highest BCUT2D eigenvalue weighted by Gasteiger charge is 2.16. The molecule has 2 aromatic carbocycles. The third kappa shape index (κ3) is 2.92. The number of nitro benzene ring substituents is 1. The smallest absolute Gasteiger partial charge is 0.271 e. The summed E-state index contributed by atoms with van der Waals surface area (Å²) in [7, 11) is 0. The van der Waals surface area contributed by atoms with E-state index in [1.54, 1.807) is 19.1 Å². The van der Waals surface area contributed by atoms with Gasteiger partial charge in [0.2, 0.25) is 0 Å². The van der Waals surface area contributed by atoms with Gasteiger partial charge in [-0.3, -0.25) is 14.9 Å². The van der Waals surface area contributed by atoms with Crippen molar-refractivity contribution in [2.45, 2.75) is 6.92 Å². The van der Waals surface area contributed by atoms with Crippen LogP contribution in [0.15, 0.2) is 36.4 Å². The molecule has 0 spiro atoms. The lowest BCUT2D eigenvalue weighted by molar-refractivity contribution is -0.384. The van der Waals surface area contributed by atoms with E-state index >= 15 is 0 Å². The van der Waals surface area contributed by atoms with Crippen LogP contribution in [0.4, 0.5) is 11.4 Å². The number of phenolic OH excluding ortho intramolecular Hbond substituents is 2. The molecule has 0 saturated carbocycles. The molecule has 0 aromatic heterocycles. The molecule has 0 radical (unpaired) electrons. The van der Waals surface area contributed by atoms with Gasteiger partial charge in [-0.05, 0) is 24.6 Å². The van der Waals surface area contributed by atoms with Crippen LogP contribution in [0.3, 0.4) is 0 Å². The van der Waals surface area contributed by atoms with Gasteiger partial charge in [0, 0.05) is 12.1 Å². The molecule has 7 nitrogen and oxygen atoms in total. The molecule has 108 valence electrons. The molecule has 3 N–H and O–H groups in total. The molecule has 0 fully saturated rings. The molecular formula is C14H12N2O5. The minimum atomic E-state index is -0.674. The SMILES string of the molecule is Cc1cccc(C(=O)Nc2cc([N+](=O)[O-])ccc2O)c1O. The Morgan fingerprint density at radius 3 is 2.62 bits per heavy atom. The number of aryl methyl sites for hydroxylation is 1. The summed E-state index contributed by atoms with van der Waals surface area (Å²) in [5, 5.41) is 32.5. The van der Waals surface area contributed by atoms with Gasteiger partial charge in [-0.15, -0.1) is 0 Å². The fourth-order valence-electron chi connectivity index (χ4n) is 1.77. The van der Waals surface area contributed by atoms with Gasteiger partial charge in [0.15, 0.2) is 0 Å². The van der Waals surface area contributed by atoms with Crippen molar-refractivity contribution in [3.05, 3.63) is 57.6 Å². The summed E-state index contributed by atoms with van der Waals surface area (Å²) in [6.07, 6.45) is 0. The first-order chi connectivity index (χ1) is 9.90. The third-order valence-electron chi connectivity index (χ3n) is 2.92. The van der Waals surface area contributed by atoms with E-state index in [1.807, 2.05) is 0 Å². The van der Waals surface area contributed by atoms with Crippen molar-refractivity contribution in [3.63, 3.8) is 0 Å². The topological polar surface area (TPSA) is 113 Å². The summed E-state index contributed by atoms with van der Waals surface area (Å²) < 4.78 is 0. The van der Waals surface area contributed by atoms with Gasteiger partial charge in [-0.2, -0.15) is 0 Å². The molecule has 0 aliphatic rings. The highest BCUT2D eigenvalue weighted by atomic mass is 16.6. The molecule has 21 heavy (non-hydrogen) atoms. The summed E-state index contributed by atoms with van der Waals surface area (Å²) in [4.78, 5) is 22.1. The van der Waals surface area contributed by atoms with Crippen molar-refractivity contribution in [3.8, 4) is 11.5 Å². The molecule has 2 aromatic rings. The van der Waals surface area contributed by atoms with Gasteiger partial charge in [0.25, 0.3) is 11.6 Å². The molecule has 7 heteroatoms. The Balaban J connectivity index is 2.33. The van der Waals surface area contributed by atoms with Crippen LogP contribution in [0.2, 0.25) is 0 Å². The van der Waals surface area contributed by atoms with Gasteiger partial charge in [-0.25, -0.2) is 0 Å². The van der Waals surface area contributed by atoms with Crippen molar-refractivity contribution < 1.29 is 19.9 Å². The fraction of sp³-hybridized carbons (Fsp3) is 0.0714. The van der Waals surface area contributed by atoms with E-state index in [0.717, 1.165) is 18.2 Å². The maximum Gasteiger partial charge on any atom is 0.271 e. The highest BCUT2D eigenvalue weighted by molar-refractivity contribution is 6.07. The van der Waals surface area contributed by atoms with Crippen molar-refractivity contribution in [2.75, 3.05) is 5.32 Å². The minimum absolute atomic E-state index is 0.0147. The van der Waals surface area contributed by atoms with E-state index in [4.69, 9.17) is 0 Å². The molecule has 2 rings (SSSR count). The molecule has 0 atom stereocenters. The van der Waals surface area contributed by atoms with Gasteiger partial charge in [0.05, 0.1) is 16.2 Å². The van der Waals surface area contributed by atoms with E-state index in [-0.39, 0.29) is 28.4 Å². The Hall–Kier alpha value is -3.09. The van der Waals surface area contributed by atoms with Gasteiger partial charge < -0.3 is 15.5 Å². The Bertz CT molecular complexity index is 727. The van der Waals surface area contributed by atoms with E-state index in [1.165, 1.54) is 6.07 Å². The van der Waals surface area contributed by atoms with Crippen LogP contribution in [-0.4, -0.2) is 21.0 Å². The molecule has 0 aliphatic heterocycles. The van der Waals surface area contributed by atoms with Crippen LogP contribution < -0.4 is 5.32 Å². The lowest BCUT2D eigenvalue weighted by Crippen LogP contribution is -2.12. The first kappa shape index (κ1) is 14.3. The summed E-state index contributed by atoms with van der Waals surface area (Å²) in [5.74, 6) is -1.16. The number of amides is 1.